The van der Waals surface area contributed by atoms with E-state index in [1.807, 2.05) is 42.5 Å². The predicted octanol–water partition coefficient (Wildman–Crippen LogP) is 3.36. The molecule has 0 unspecified atom stereocenters. The van der Waals surface area contributed by atoms with E-state index in [1.54, 1.807) is 6.07 Å². The van der Waals surface area contributed by atoms with Crippen LogP contribution in [0.2, 0.25) is 0 Å². The Labute approximate surface area is 136 Å². The summed E-state index contributed by atoms with van der Waals surface area (Å²) in [7, 11) is 0. The van der Waals surface area contributed by atoms with Crippen molar-refractivity contribution >= 4 is 11.0 Å². The molecule has 0 atom stereocenters. The maximum Gasteiger partial charge on any atom is 0.123 e. The molecule has 0 saturated carbocycles. The minimum atomic E-state index is -0.513. The van der Waals surface area contributed by atoms with Gasteiger partial charge in [0.15, 0.2) is 0 Å². The number of nitrogens with one attached hydrogen (secondary N) is 2. The average molecular weight is 323 g/mol. The van der Waals surface area contributed by atoms with Crippen molar-refractivity contribution in [2.24, 2.45) is 0 Å². The Morgan fingerprint density at radius 1 is 0.917 bits per heavy atom. The molecule has 0 spiro atoms. The molecular weight excluding hydrogens is 309 g/mol. The minimum absolute atomic E-state index is 0.0486. The van der Waals surface area contributed by atoms with Crippen LogP contribution in [0.5, 0.6) is 5.75 Å². The molecule has 24 heavy (non-hydrogen) atoms. The van der Waals surface area contributed by atoms with Crippen LogP contribution in [0.4, 0.5) is 4.39 Å². The molecule has 0 amide bonds. The molecule has 6 nitrogen and oxygen atoms in total. The maximum atomic E-state index is 12.2. The zero-order valence-electron chi connectivity index (χ0n) is 12.7. The van der Waals surface area contributed by atoms with Crippen LogP contribution in [0.1, 0.15) is 0 Å². The molecule has 0 fully saturated rings. The fraction of sp³-hybridized carbons (Fsp3) is 0.118. The average Bonchev–Trinajstić information content (AvgIpc) is 3.28. The molecule has 2 aromatic heterocycles. The van der Waals surface area contributed by atoms with Crippen LogP contribution >= 0.6 is 0 Å². The van der Waals surface area contributed by atoms with Crippen LogP contribution in [0, 0.1) is 0 Å². The van der Waals surface area contributed by atoms with Crippen molar-refractivity contribution in [2.75, 3.05) is 13.3 Å². The molecule has 2 N–H and O–H groups in total. The van der Waals surface area contributed by atoms with Gasteiger partial charge >= 0.3 is 0 Å². The Bertz CT molecular complexity index is 978. The van der Waals surface area contributed by atoms with Crippen LogP contribution in [0.15, 0.2) is 48.5 Å². The minimum Gasteiger partial charge on any atom is -0.491 e. The Morgan fingerprint density at radius 2 is 1.83 bits per heavy atom. The molecule has 120 valence electrons. The molecule has 2 heterocycles. The number of hydrogen-bond donors (Lipinski definition) is 2. The Kier molecular flexibility index (Phi) is 3.66. The van der Waals surface area contributed by atoms with Crippen LogP contribution in [-0.4, -0.2) is 38.9 Å². The van der Waals surface area contributed by atoms with Gasteiger partial charge in [0.25, 0.3) is 0 Å². The number of halogens is 1. The predicted molar refractivity (Wildman–Crippen MR) is 88.4 cm³/mol. The highest BCUT2D eigenvalue weighted by atomic mass is 19.1. The molecule has 0 aliphatic heterocycles. The third-order valence-electron chi connectivity index (χ3n) is 3.68. The van der Waals surface area contributed by atoms with E-state index in [-0.39, 0.29) is 6.61 Å². The van der Waals surface area contributed by atoms with Gasteiger partial charge in [-0.3, -0.25) is 5.10 Å². The highest BCUT2D eigenvalue weighted by molar-refractivity contribution is 5.80. The molecule has 0 radical (unpaired) electrons. The van der Waals surface area contributed by atoms with Gasteiger partial charge in [-0.15, -0.1) is 0 Å². The summed E-state index contributed by atoms with van der Waals surface area (Å²) in [4.78, 5) is 0. The number of ether oxygens (including phenoxy) is 1. The number of hydrogen-bond acceptors (Lipinski definition) is 4. The number of aromatic amines is 2. The lowest BCUT2D eigenvalue weighted by Gasteiger charge is -2.04. The number of benzene rings is 2. The summed E-state index contributed by atoms with van der Waals surface area (Å²) in [5.74, 6) is 0.624. The topological polar surface area (TPSA) is 79.5 Å². The Morgan fingerprint density at radius 3 is 2.75 bits per heavy atom. The van der Waals surface area contributed by atoms with Gasteiger partial charge in [0.1, 0.15) is 30.1 Å². The quantitative estimate of drug-likeness (QED) is 0.590. The molecule has 4 aromatic rings. The van der Waals surface area contributed by atoms with Gasteiger partial charge < -0.3 is 4.74 Å². The van der Waals surface area contributed by atoms with E-state index < -0.39 is 6.67 Å². The van der Waals surface area contributed by atoms with E-state index in [0.717, 1.165) is 33.5 Å². The van der Waals surface area contributed by atoms with Gasteiger partial charge in [0, 0.05) is 11.1 Å². The molecule has 0 aliphatic rings. The van der Waals surface area contributed by atoms with Crippen molar-refractivity contribution in [1.82, 2.24) is 25.6 Å². The van der Waals surface area contributed by atoms with Crippen LogP contribution in [-0.2, 0) is 0 Å². The first-order valence-electron chi connectivity index (χ1n) is 7.49. The molecule has 7 heteroatoms. The lowest BCUT2D eigenvalue weighted by Crippen LogP contribution is -1.98. The number of alkyl halides is 1. The number of H-pyrrole nitrogens is 2. The van der Waals surface area contributed by atoms with Crippen molar-refractivity contribution in [3.05, 3.63) is 48.5 Å². The van der Waals surface area contributed by atoms with Crippen LogP contribution < -0.4 is 4.74 Å². The lowest BCUT2D eigenvalue weighted by atomic mass is 10.1. The number of rotatable bonds is 5. The van der Waals surface area contributed by atoms with E-state index in [4.69, 9.17) is 4.74 Å². The van der Waals surface area contributed by atoms with E-state index >= 15 is 0 Å². The molecular formula is C17H14FN5O. The molecule has 0 aliphatic carbocycles. The normalized spacial score (nSPS) is 11.0. The third kappa shape index (κ3) is 2.71. The molecule has 4 rings (SSSR count). The molecule has 0 saturated heterocycles. The summed E-state index contributed by atoms with van der Waals surface area (Å²) in [5, 5.41) is 18.1. The summed E-state index contributed by atoms with van der Waals surface area (Å²) in [6.45, 7) is -0.464. The SMILES string of the molecule is FCCOc1cccc(-c2cc(-c3ccc4n[nH]nc4c3)[nH]n2)c1. The highest BCUT2D eigenvalue weighted by Gasteiger charge is 2.08. The van der Waals surface area contributed by atoms with Crippen molar-refractivity contribution in [1.29, 1.82) is 0 Å². The zero-order valence-corrected chi connectivity index (χ0v) is 12.7. The Hall–Kier alpha value is -3.22. The second-order valence-electron chi connectivity index (χ2n) is 5.26. The standard InChI is InChI=1S/C17H14FN5O/c18-6-7-24-13-3-1-2-11(8-13)15-10-16(20-19-15)12-4-5-14-17(9-12)22-23-21-14/h1-5,8-10H,6-7H2,(H,19,20)(H,21,22,23). The largest absolute Gasteiger partial charge is 0.491 e. The summed E-state index contributed by atoms with van der Waals surface area (Å²) in [6, 6.07) is 15.2. The van der Waals surface area contributed by atoms with Gasteiger partial charge in [0.05, 0.1) is 11.4 Å². The summed E-state index contributed by atoms with van der Waals surface area (Å²) in [5.41, 5.74) is 5.15. The first-order valence-corrected chi connectivity index (χ1v) is 7.49. The molecule has 2 aromatic carbocycles. The summed E-state index contributed by atoms with van der Waals surface area (Å²) >= 11 is 0. The van der Waals surface area contributed by atoms with Crippen LogP contribution in [0.25, 0.3) is 33.5 Å². The third-order valence-corrected chi connectivity index (χ3v) is 3.68. The van der Waals surface area contributed by atoms with Crippen molar-refractivity contribution in [3.8, 4) is 28.3 Å². The highest BCUT2D eigenvalue weighted by Crippen LogP contribution is 2.27. The van der Waals surface area contributed by atoms with Gasteiger partial charge in [0.2, 0.25) is 0 Å². The van der Waals surface area contributed by atoms with Gasteiger partial charge in [-0.1, -0.05) is 18.2 Å². The van der Waals surface area contributed by atoms with Gasteiger partial charge in [-0.25, -0.2) is 4.39 Å². The fourth-order valence-corrected chi connectivity index (χ4v) is 2.53. The van der Waals surface area contributed by atoms with E-state index in [9.17, 15) is 4.39 Å². The fourth-order valence-electron chi connectivity index (χ4n) is 2.53. The van der Waals surface area contributed by atoms with Crippen LogP contribution in [0.3, 0.4) is 0 Å². The van der Waals surface area contributed by atoms with Crippen molar-refractivity contribution in [2.45, 2.75) is 0 Å². The van der Waals surface area contributed by atoms with Gasteiger partial charge in [-0.2, -0.15) is 20.5 Å². The second-order valence-corrected chi connectivity index (χ2v) is 5.26. The molecule has 0 bridgehead atoms. The van der Waals surface area contributed by atoms with Gasteiger partial charge in [-0.05, 0) is 30.3 Å². The second kappa shape index (κ2) is 6.11. The van der Waals surface area contributed by atoms with E-state index in [0.29, 0.717) is 5.75 Å². The van der Waals surface area contributed by atoms with Crippen molar-refractivity contribution < 1.29 is 9.13 Å². The van der Waals surface area contributed by atoms with E-state index in [2.05, 4.69) is 25.6 Å². The summed E-state index contributed by atoms with van der Waals surface area (Å²) < 4.78 is 17.5. The number of nitrogens with zero attached hydrogens (tertiary/aromatic N) is 3. The first kappa shape index (κ1) is 14.4. The number of fused-ring (bicyclic) bond motifs is 1. The van der Waals surface area contributed by atoms with Crippen molar-refractivity contribution in [3.63, 3.8) is 0 Å². The monoisotopic (exact) mass is 323 g/mol. The number of aromatic nitrogens is 5. The summed E-state index contributed by atoms with van der Waals surface area (Å²) in [6.07, 6.45) is 0. The maximum absolute atomic E-state index is 12.2. The lowest BCUT2D eigenvalue weighted by molar-refractivity contribution is 0.273. The van der Waals surface area contributed by atoms with E-state index in [1.165, 1.54) is 0 Å². The first-order chi connectivity index (χ1) is 11.8. The smallest absolute Gasteiger partial charge is 0.123 e. The Balaban J connectivity index is 1.64. The zero-order chi connectivity index (χ0) is 16.4.